The predicted molar refractivity (Wildman–Crippen MR) is 43.5 cm³/mol. The molecule has 1 rings (SSSR count). The quantitative estimate of drug-likeness (QED) is 0.452. The van der Waals surface area contributed by atoms with Crippen LogP contribution in [0.25, 0.3) is 0 Å². The van der Waals surface area contributed by atoms with Gasteiger partial charge in [-0.1, -0.05) is 18.2 Å². The van der Waals surface area contributed by atoms with Crippen LogP contribution in [0.5, 0.6) is 0 Å². The maximum Gasteiger partial charge on any atom is 0.0663 e. The van der Waals surface area contributed by atoms with Crippen LogP contribution in [0.15, 0.2) is 24.3 Å². The van der Waals surface area contributed by atoms with E-state index in [9.17, 15) is 0 Å². The van der Waals surface area contributed by atoms with Gasteiger partial charge in [-0.15, -0.1) is 4.99 Å². The summed E-state index contributed by atoms with van der Waals surface area (Å²) >= 11 is 0. The molecule has 1 aromatic carbocycles. The van der Waals surface area contributed by atoms with Crippen molar-refractivity contribution in [1.82, 2.24) is 6.15 Å². The molecule has 0 fully saturated rings. The van der Waals surface area contributed by atoms with Gasteiger partial charge in [0.1, 0.15) is 0 Å². The van der Waals surface area contributed by atoms with E-state index in [0.29, 0.717) is 0 Å². The summed E-state index contributed by atoms with van der Waals surface area (Å²) in [4.78, 5) is 3.76. The van der Waals surface area contributed by atoms with Gasteiger partial charge in [0.05, 0.1) is 5.69 Å². The molecule has 0 amide bonds. The second-order valence-corrected chi connectivity index (χ2v) is 2.01. The SMILES string of the molecule is Cc1ccccc1NOO.N. The molecule has 4 nitrogen and oxygen atoms in total. The van der Waals surface area contributed by atoms with Crippen LogP contribution in [0, 0.1) is 6.92 Å². The molecule has 62 valence electrons. The smallest absolute Gasteiger partial charge is 0.0663 e. The number of hydrogen-bond acceptors (Lipinski definition) is 4. The Balaban J connectivity index is 0.000001000. The first-order valence-electron chi connectivity index (χ1n) is 2.96. The Hall–Kier alpha value is -1.10. The minimum Gasteiger partial charge on any atom is -0.344 e. The van der Waals surface area contributed by atoms with Gasteiger partial charge in [0.25, 0.3) is 0 Å². The van der Waals surface area contributed by atoms with E-state index in [-0.39, 0.29) is 6.15 Å². The number of hydrogen-bond donors (Lipinski definition) is 3. The van der Waals surface area contributed by atoms with Gasteiger partial charge >= 0.3 is 0 Å². The Labute approximate surface area is 65.3 Å². The molecule has 1 aromatic rings. The Bertz CT molecular complexity index is 215. The van der Waals surface area contributed by atoms with E-state index in [0.717, 1.165) is 11.3 Å². The number of anilines is 1. The Kier molecular flexibility index (Phi) is 4.21. The van der Waals surface area contributed by atoms with Crippen molar-refractivity contribution >= 4 is 5.69 Å². The lowest BCUT2D eigenvalue weighted by atomic mass is 10.2. The lowest BCUT2D eigenvalue weighted by Crippen LogP contribution is -1.97. The first kappa shape index (κ1) is 9.90. The van der Waals surface area contributed by atoms with Crippen molar-refractivity contribution in [3.8, 4) is 0 Å². The minimum absolute atomic E-state index is 0. The summed E-state index contributed by atoms with van der Waals surface area (Å²) in [6, 6.07) is 7.50. The summed E-state index contributed by atoms with van der Waals surface area (Å²) in [6.07, 6.45) is 0. The standard InChI is InChI=1S/C7H9NO2.H3N/c1-6-4-2-3-5-7(6)8-10-9;/h2-5,8-9H,1H3;1H3. The molecular formula is C7H12N2O2. The summed E-state index contributed by atoms with van der Waals surface area (Å²) in [6.45, 7) is 1.92. The molecule has 0 saturated heterocycles. The maximum atomic E-state index is 8.03. The third kappa shape index (κ3) is 2.55. The molecule has 0 radical (unpaired) electrons. The molecule has 0 bridgehead atoms. The Morgan fingerprint density at radius 3 is 2.55 bits per heavy atom. The first-order chi connectivity index (χ1) is 4.84. The molecule has 4 heteroatoms. The molecule has 0 aliphatic carbocycles. The molecule has 5 N–H and O–H groups in total. The van der Waals surface area contributed by atoms with Crippen molar-refractivity contribution < 1.29 is 10.2 Å². The Morgan fingerprint density at radius 1 is 1.36 bits per heavy atom. The molecule has 0 aliphatic rings. The molecule has 0 spiro atoms. The van der Waals surface area contributed by atoms with Crippen molar-refractivity contribution in [3.05, 3.63) is 29.8 Å². The largest absolute Gasteiger partial charge is 0.344 e. The molecule has 0 unspecified atom stereocenters. The molecular weight excluding hydrogens is 144 g/mol. The van der Waals surface area contributed by atoms with Crippen LogP contribution >= 0.6 is 0 Å². The highest BCUT2D eigenvalue weighted by atomic mass is 17.2. The average Bonchev–Trinajstić information content (AvgIpc) is 1.94. The summed E-state index contributed by atoms with van der Waals surface area (Å²) < 4.78 is 0. The van der Waals surface area contributed by atoms with Crippen LogP contribution in [-0.2, 0) is 4.99 Å². The van der Waals surface area contributed by atoms with E-state index >= 15 is 0 Å². The molecule has 0 aliphatic heterocycles. The van der Waals surface area contributed by atoms with Crippen LogP contribution in [0.3, 0.4) is 0 Å². The molecule has 0 aromatic heterocycles. The zero-order valence-electron chi connectivity index (χ0n) is 6.37. The van der Waals surface area contributed by atoms with Gasteiger partial charge in [-0.3, -0.25) is 0 Å². The van der Waals surface area contributed by atoms with Crippen LogP contribution < -0.4 is 11.6 Å². The van der Waals surface area contributed by atoms with Crippen molar-refractivity contribution in [2.24, 2.45) is 0 Å². The van der Waals surface area contributed by atoms with Gasteiger partial charge in [-0.05, 0) is 18.6 Å². The maximum absolute atomic E-state index is 8.03. The second kappa shape index (κ2) is 4.68. The summed E-state index contributed by atoms with van der Waals surface area (Å²) in [5, 5.41) is 8.03. The normalized spacial score (nSPS) is 8.55. The number of aryl methyl sites for hydroxylation is 1. The van der Waals surface area contributed by atoms with E-state index in [2.05, 4.69) is 10.5 Å². The van der Waals surface area contributed by atoms with Crippen LogP contribution in [0.1, 0.15) is 5.56 Å². The molecule has 0 atom stereocenters. The van der Waals surface area contributed by atoms with Crippen molar-refractivity contribution in [2.75, 3.05) is 5.48 Å². The number of nitrogens with one attached hydrogen (secondary N) is 1. The molecule has 0 heterocycles. The van der Waals surface area contributed by atoms with E-state index in [1.54, 1.807) is 0 Å². The van der Waals surface area contributed by atoms with E-state index in [1.165, 1.54) is 0 Å². The third-order valence-corrected chi connectivity index (χ3v) is 1.30. The van der Waals surface area contributed by atoms with Gasteiger partial charge in [-0.25, -0.2) is 10.7 Å². The van der Waals surface area contributed by atoms with Crippen molar-refractivity contribution in [1.29, 1.82) is 0 Å². The zero-order valence-corrected chi connectivity index (χ0v) is 6.37. The lowest BCUT2D eigenvalue weighted by Gasteiger charge is -2.02. The molecule has 11 heavy (non-hydrogen) atoms. The number of para-hydroxylation sites is 1. The van der Waals surface area contributed by atoms with Gasteiger partial charge < -0.3 is 6.15 Å². The van der Waals surface area contributed by atoms with E-state index in [1.807, 2.05) is 31.2 Å². The summed E-state index contributed by atoms with van der Waals surface area (Å²) in [7, 11) is 0. The van der Waals surface area contributed by atoms with Crippen molar-refractivity contribution in [3.63, 3.8) is 0 Å². The van der Waals surface area contributed by atoms with Gasteiger partial charge in [0.15, 0.2) is 0 Å². The Morgan fingerprint density at radius 2 is 2.00 bits per heavy atom. The van der Waals surface area contributed by atoms with E-state index in [4.69, 9.17) is 5.26 Å². The van der Waals surface area contributed by atoms with Gasteiger partial charge in [-0.2, -0.15) is 0 Å². The van der Waals surface area contributed by atoms with Crippen LogP contribution in [0.4, 0.5) is 5.69 Å². The van der Waals surface area contributed by atoms with Crippen molar-refractivity contribution in [2.45, 2.75) is 6.92 Å². The minimum atomic E-state index is 0. The van der Waals surface area contributed by atoms with E-state index < -0.39 is 0 Å². The highest BCUT2D eigenvalue weighted by molar-refractivity contribution is 5.48. The monoisotopic (exact) mass is 156 g/mol. The predicted octanol–water partition coefficient (Wildman–Crippen LogP) is 1.97. The van der Waals surface area contributed by atoms with Gasteiger partial charge in [0.2, 0.25) is 0 Å². The molecule has 0 saturated carbocycles. The number of rotatable bonds is 2. The summed E-state index contributed by atoms with van der Waals surface area (Å²) in [5.74, 6) is 0. The third-order valence-electron chi connectivity index (χ3n) is 1.30. The summed E-state index contributed by atoms with van der Waals surface area (Å²) in [5.41, 5.74) is 4.12. The topological polar surface area (TPSA) is 76.5 Å². The fraction of sp³-hybridized carbons (Fsp3) is 0.143. The van der Waals surface area contributed by atoms with Crippen LogP contribution in [0.2, 0.25) is 0 Å². The second-order valence-electron chi connectivity index (χ2n) is 2.01. The van der Waals surface area contributed by atoms with Crippen LogP contribution in [-0.4, -0.2) is 5.26 Å². The average molecular weight is 156 g/mol. The number of benzene rings is 1. The lowest BCUT2D eigenvalue weighted by molar-refractivity contribution is -0.215. The highest BCUT2D eigenvalue weighted by Crippen LogP contribution is 2.11. The van der Waals surface area contributed by atoms with Gasteiger partial charge in [0, 0.05) is 0 Å². The highest BCUT2D eigenvalue weighted by Gasteiger charge is 1.92. The first-order valence-corrected chi connectivity index (χ1v) is 2.96. The fourth-order valence-corrected chi connectivity index (χ4v) is 0.737. The fourth-order valence-electron chi connectivity index (χ4n) is 0.737. The zero-order chi connectivity index (χ0) is 7.40.